The molecule has 4 aromatic rings. The van der Waals surface area contributed by atoms with Crippen LogP contribution in [0.1, 0.15) is 10.4 Å². The monoisotopic (exact) mass is 444 g/mol. The van der Waals surface area contributed by atoms with E-state index in [1.807, 2.05) is 12.1 Å². The third-order valence-electron chi connectivity index (χ3n) is 4.59. The first-order chi connectivity index (χ1) is 16.1. The van der Waals surface area contributed by atoms with Gasteiger partial charge in [-0.1, -0.05) is 18.2 Å². The number of benzene rings is 3. The van der Waals surface area contributed by atoms with E-state index in [0.29, 0.717) is 34.1 Å². The van der Waals surface area contributed by atoms with E-state index in [0.717, 1.165) is 0 Å². The highest BCUT2D eigenvalue weighted by molar-refractivity contribution is 6.05. The van der Waals surface area contributed by atoms with Crippen LogP contribution in [0, 0.1) is 0 Å². The number of carbonyl (C=O) groups excluding carboxylic acids is 2. The van der Waals surface area contributed by atoms with Gasteiger partial charge in [-0.25, -0.2) is 4.68 Å². The molecule has 0 saturated carbocycles. The molecular weight excluding hydrogens is 424 g/mol. The highest BCUT2D eigenvalue weighted by Crippen LogP contribution is 2.24. The van der Waals surface area contributed by atoms with Gasteiger partial charge in [0, 0.05) is 17.3 Å². The molecule has 3 aromatic carbocycles. The normalized spacial score (nSPS) is 10.3. The fourth-order valence-electron chi connectivity index (χ4n) is 2.99. The topological polar surface area (TPSA) is 120 Å². The summed E-state index contributed by atoms with van der Waals surface area (Å²) < 4.78 is 12.3. The van der Waals surface area contributed by atoms with Crippen LogP contribution in [0.5, 0.6) is 11.5 Å². The Bertz CT molecular complexity index is 1240. The summed E-state index contributed by atoms with van der Waals surface area (Å²) >= 11 is 0. The van der Waals surface area contributed by atoms with Crippen LogP contribution in [0.2, 0.25) is 0 Å². The number of para-hydroxylation sites is 2. The van der Waals surface area contributed by atoms with Crippen molar-refractivity contribution < 1.29 is 19.1 Å². The third-order valence-corrected chi connectivity index (χ3v) is 4.59. The summed E-state index contributed by atoms with van der Waals surface area (Å²) in [6.45, 7) is -0.185. The maximum atomic E-state index is 12.5. The zero-order valence-corrected chi connectivity index (χ0v) is 17.6. The predicted octanol–water partition coefficient (Wildman–Crippen LogP) is 2.94. The van der Waals surface area contributed by atoms with Crippen molar-refractivity contribution in [2.75, 3.05) is 24.4 Å². The van der Waals surface area contributed by atoms with Crippen LogP contribution in [0.3, 0.4) is 0 Å². The molecule has 0 saturated heterocycles. The number of hydrogen-bond donors (Lipinski definition) is 2. The summed E-state index contributed by atoms with van der Waals surface area (Å²) in [6, 6.07) is 20.7. The average Bonchev–Trinajstić information content (AvgIpc) is 3.39. The van der Waals surface area contributed by atoms with Gasteiger partial charge in [-0.15, -0.1) is 5.10 Å². The lowest BCUT2D eigenvalue weighted by Gasteiger charge is -2.11. The molecule has 0 aliphatic heterocycles. The number of rotatable bonds is 8. The fourth-order valence-corrected chi connectivity index (χ4v) is 2.99. The van der Waals surface area contributed by atoms with Crippen molar-refractivity contribution in [3.63, 3.8) is 0 Å². The van der Waals surface area contributed by atoms with Crippen molar-refractivity contribution >= 4 is 23.2 Å². The first-order valence-corrected chi connectivity index (χ1v) is 9.93. The number of tetrazole rings is 1. The molecule has 0 atom stereocenters. The van der Waals surface area contributed by atoms with E-state index in [4.69, 9.17) is 9.47 Å². The molecular formula is C23H20N6O4. The summed E-state index contributed by atoms with van der Waals surface area (Å²) in [7, 11) is 1.54. The van der Waals surface area contributed by atoms with E-state index in [1.54, 1.807) is 60.7 Å². The lowest BCUT2D eigenvalue weighted by Crippen LogP contribution is -2.20. The van der Waals surface area contributed by atoms with Crippen molar-refractivity contribution in [2.45, 2.75) is 0 Å². The maximum absolute atomic E-state index is 12.5. The van der Waals surface area contributed by atoms with Crippen LogP contribution in [0.15, 0.2) is 79.1 Å². The van der Waals surface area contributed by atoms with Crippen molar-refractivity contribution in [3.05, 3.63) is 84.7 Å². The van der Waals surface area contributed by atoms with Crippen molar-refractivity contribution in [3.8, 4) is 17.2 Å². The molecule has 1 aromatic heterocycles. The van der Waals surface area contributed by atoms with Crippen LogP contribution < -0.4 is 20.1 Å². The van der Waals surface area contributed by atoms with E-state index < -0.39 is 0 Å². The van der Waals surface area contributed by atoms with Gasteiger partial charge >= 0.3 is 0 Å². The molecule has 4 rings (SSSR count). The van der Waals surface area contributed by atoms with Gasteiger partial charge in [-0.2, -0.15) is 0 Å². The molecule has 0 unspecified atom stereocenters. The number of methoxy groups -OCH3 is 1. The molecule has 166 valence electrons. The number of carbonyl (C=O) groups is 2. The number of aromatic nitrogens is 4. The minimum absolute atomic E-state index is 0.185. The Morgan fingerprint density at radius 3 is 2.55 bits per heavy atom. The number of nitrogens with zero attached hydrogens (tertiary/aromatic N) is 4. The van der Waals surface area contributed by atoms with E-state index in [9.17, 15) is 9.59 Å². The zero-order valence-electron chi connectivity index (χ0n) is 17.6. The van der Waals surface area contributed by atoms with Gasteiger partial charge in [-0.3, -0.25) is 9.59 Å². The van der Waals surface area contributed by atoms with Gasteiger partial charge in [0.05, 0.1) is 18.5 Å². The van der Waals surface area contributed by atoms with Crippen LogP contribution in [-0.4, -0.2) is 45.7 Å². The maximum Gasteiger partial charge on any atom is 0.262 e. The van der Waals surface area contributed by atoms with Crippen LogP contribution in [0.25, 0.3) is 5.69 Å². The molecule has 0 fully saturated rings. The smallest absolute Gasteiger partial charge is 0.262 e. The Labute approximate surface area is 189 Å². The number of hydrogen-bond acceptors (Lipinski definition) is 7. The quantitative estimate of drug-likeness (QED) is 0.429. The first-order valence-electron chi connectivity index (χ1n) is 9.93. The Morgan fingerprint density at radius 1 is 0.970 bits per heavy atom. The van der Waals surface area contributed by atoms with Gasteiger partial charge in [0.15, 0.2) is 6.61 Å². The van der Waals surface area contributed by atoms with Crippen molar-refractivity contribution in [1.29, 1.82) is 0 Å². The number of ether oxygens (including phenoxy) is 2. The average molecular weight is 444 g/mol. The highest BCUT2D eigenvalue weighted by Gasteiger charge is 2.10. The summed E-state index contributed by atoms with van der Waals surface area (Å²) in [4.78, 5) is 24.8. The second-order valence-corrected chi connectivity index (χ2v) is 6.82. The van der Waals surface area contributed by atoms with Gasteiger partial charge in [0.1, 0.15) is 17.8 Å². The Hall–Kier alpha value is -4.73. The SMILES string of the molecule is COc1ccccc1NC(=O)c1ccc(NC(=O)COc2cccc(-n3cnnn3)c2)cc1. The molecule has 0 spiro atoms. The Kier molecular flexibility index (Phi) is 6.55. The van der Waals surface area contributed by atoms with E-state index >= 15 is 0 Å². The third kappa shape index (κ3) is 5.50. The lowest BCUT2D eigenvalue weighted by molar-refractivity contribution is -0.118. The summed E-state index contributed by atoms with van der Waals surface area (Å²) in [5.41, 5.74) is 2.26. The standard InChI is InChI=1S/C23H20N6O4/c1-32-21-8-3-2-7-20(21)26-23(31)16-9-11-17(12-10-16)25-22(30)14-33-19-6-4-5-18(13-19)29-15-24-27-28-29/h2-13,15H,14H2,1H3,(H,25,30)(H,26,31). The largest absolute Gasteiger partial charge is 0.495 e. The van der Waals surface area contributed by atoms with Crippen LogP contribution in [-0.2, 0) is 4.79 Å². The van der Waals surface area contributed by atoms with E-state index in [-0.39, 0.29) is 18.4 Å². The highest BCUT2D eigenvalue weighted by atomic mass is 16.5. The molecule has 2 amide bonds. The minimum atomic E-state index is -0.339. The molecule has 2 N–H and O–H groups in total. The molecule has 10 heteroatoms. The van der Waals surface area contributed by atoms with Crippen molar-refractivity contribution in [1.82, 2.24) is 20.2 Å². The van der Waals surface area contributed by atoms with Crippen LogP contribution >= 0.6 is 0 Å². The van der Waals surface area contributed by atoms with Crippen LogP contribution in [0.4, 0.5) is 11.4 Å². The molecule has 1 heterocycles. The fraction of sp³-hybridized carbons (Fsp3) is 0.0870. The summed E-state index contributed by atoms with van der Waals surface area (Å²) in [5, 5.41) is 16.5. The molecule has 0 radical (unpaired) electrons. The van der Waals surface area contributed by atoms with Gasteiger partial charge in [0.2, 0.25) is 0 Å². The summed E-state index contributed by atoms with van der Waals surface area (Å²) in [5.74, 6) is 0.442. The molecule has 33 heavy (non-hydrogen) atoms. The molecule has 0 bridgehead atoms. The first kappa shape index (κ1) is 21.5. The number of anilines is 2. The predicted molar refractivity (Wildman–Crippen MR) is 121 cm³/mol. The van der Waals surface area contributed by atoms with E-state index in [2.05, 4.69) is 26.2 Å². The van der Waals surface area contributed by atoms with E-state index in [1.165, 1.54) is 18.1 Å². The van der Waals surface area contributed by atoms with Gasteiger partial charge < -0.3 is 20.1 Å². The Morgan fingerprint density at radius 2 is 1.79 bits per heavy atom. The number of nitrogens with one attached hydrogen (secondary N) is 2. The second-order valence-electron chi connectivity index (χ2n) is 6.82. The lowest BCUT2D eigenvalue weighted by atomic mass is 10.2. The summed E-state index contributed by atoms with van der Waals surface area (Å²) in [6.07, 6.45) is 1.46. The molecule has 0 aliphatic rings. The zero-order chi connectivity index (χ0) is 23.0. The second kappa shape index (κ2) is 10.1. The Balaban J connectivity index is 1.31. The molecule has 10 nitrogen and oxygen atoms in total. The van der Waals surface area contributed by atoms with Gasteiger partial charge in [-0.05, 0) is 59.0 Å². The van der Waals surface area contributed by atoms with Crippen molar-refractivity contribution in [2.24, 2.45) is 0 Å². The number of amides is 2. The molecule has 0 aliphatic carbocycles. The van der Waals surface area contributed by atoms with Gasteiger partial charge in [0.25, 0.3) is 11.8 Å². The minimum Gasteiger partial charge on any atom is -0.495 e.